The molecule has 5 rings (SSSR count). The summed E-state index contributed by atoms with van der Waals surface area (Å²) in [6.45, 7) is 0.988. The van der Waals surface area contributed by atoms with E-state index in [9.17, 15) is 36.3 Å². The lowest BCUT2D eigenvalue weighted by atomic mass is 9.72. The predicted octanol–water partition coefficient (Wildman–Crippen LogP) is 4.00. The summed E-state index contributed by atoms with van der Waals surface area (Å²) in [6.07, 6.45) is 1.98. The van der Waals surface area contributed by atoms with Gasteiger partial charge in [0.25, 0.3) is 5.91 Å². The van der Waals surface area contributed by atoms with Crippen LogP contribution in [0.5, 0.6) is 0 Å². The Morgan fingerprint density at radius 3 is 2.30 bits per heavy atom. The van der Waals surface area contributed by atoms with Crippen molar-refractivity contribution in [1.29, 1.82) is 0 Å². The van der Waals surface area contributed by atoms with Gasteiger partial charge < -0.3 is 20.5 Å². The Bertz CT molecular complexity index is 1410. The first kappa shape index (κ1) is 28.8. The zero-order valence-electron chi connectivity index (χ0n) is 21.3. The molecule has 3 atom stereocenters. The van der Waals surface area contributed by atoms with Crippen molar-refractivity contribution in [3.05, 3.63) is 58.4 Å². The average molecular weight is 601 g/mol. The number of nitrogens with one attached hydrogen (secondary N) is 2. The van der Waals surface area contributed by atoms with Gasteiger partial charge in [-0.25, -0.2) is 21.6 Å². The summed E-state index contributed by atoms with van der Waals surface area (Å²) in [4.78, 5) is 25.1. The number of benzene rings is 2. The standard InChI is InChI=1S/C27H28ClF3N2O6S/c28-20-4-1-14(26(35)33-18-10-21(29)25(31)22(30)11-18)7-23(20)40(37,38)19-8-15-2-3-16(9-19)27(15,36)12-24(34)32-17-5-6-39-13-17/h1,4,7,10-11,15-17,19,36H,2-3,5-6,8-9,12-13H2,(H,32,34)(H,33,35)/t15?,16?,17-,19?,27?/m0/s1. The smallest absolute Gasteiger partial charge is 0.255 e. The van der Waals surface area contributed by atoms with E-state index in [-0.39, 0.29) is 52.4 Å². The Hall–Kier alpha value is -2.67. The summed E-state index contributed by atoms with van der Waals surface area (Å²) < 4.78 is 73.1. The Morgan fingerprint density at radius 1 is 1.05 bits per heavy atom. The molecule has 0 aromatic heterocycles. The van der Waals surface area contributed by atoms with E-state index in [0.717, 1.165) is 6.07 Å². The maximum atomic E-state index is 13.7. The molecule has 2 amide bonds. The van der Waals surface area contributed by atoms with Crippen LogP contribution in [0.15, 0.2) is 35.2 Å². The number of hydrogen-bond acceptors (Lipinski definition) is 6. The number of hydrogen-bond donors (Lipinski definition) is 3. The third-order valence-electron chi connectivity index (χ3n) is 8.29. The van der Waals surface area contributed by atoms with E-state index in [4.69, 9.17) is 16.3 Å². The number of sulfone groups is 1. The summed E-state index contributed by atoms with van der Waals surface area (Å²) in [6, 6.07) is 4.68. The summed E-state index contributed by atoms with van der Waals surface area (Å²) in [5, 5.41) is 15.6. The molecule has 2 aliphatic carbocycles. The second-order valence-corrected chi connectivity index (χ2v) is 13.4. The van der Waals surface area contributed by atoms with E-state index in [1.165, 1.54) is 12.1 Å². The van der Waals surface area contributed by atoms with E-state index < -0.39 is 55.9 Å². The molecule has 2 unspecified atom stereocenters. The number of carbonyl (C=O) groups is 2. The predicted molar refractivity (Wildman–Crippen MR) is 139 cm³/mol. The third kappa shape index (κ3) is 5.46. The number of amides is 2. The van der Waals surface area contributed by atoms with Crippen LogP contribution in [-0.4, -0.2) is 55.4 Å². The SMILES string of the molecule is O=C(CC1(O)C2CCC1CC(S(=O)(=O)c1cc(C(=O)Nc3cc(F)c(F)c(F)c3)ccc1Cl)C2)N[C@H]1CCOC1. The van der Waals surface area contributed by atoms with Crippen LogP contribution < -0.4 is 10.6 Å². The van der Waals surface area contributed by atoms with Gasteiger partial charge in [-0.05, 0) is 62.1 Å². The van der Waals surface area contributed by atoms with Gasteiger partial charge in [0.15, 0.2) is 27.3 Å². The van der Waals surface area contributed by atoms with Gasteiger partial charge in [-0.2, -0.15) is 0 Å². The Labute approximate surface area is 234 Å². The highest BCUT2D eigenvalue weighted by Gasteiger charge is 2.56. The summed E-state index contributed by atoms with van der Waals surface area (Å²) in [7, 11) is -4.07. The van der Waals surface area contributed by atoms with E-state index in [2.05, 4.69) is 10.6 Å². The molecule has 216 valence electrons. The number of fused-ring (bicyclic) bond motifs is 2. The van der Waals surface area contributed by atoms with Gasteiger partial charge in [0.05, 0.1) is 39.8 Å². The fourth-order valence-corrected chi connectivity index (χ4v) is 8.61. The van der Waals surface area contributed by atoms with Crippen LogP contribution in [0.1, 0.15) is 48.9 Å². The quantitative estimate of drug-likeness (QED) is 0.413. The van der Waals surface area contributed by atoms with Crippen LogP contribution in [0, 0.1) is 29.3 Å². The molecule has 40 heavy (non-hydrogen) atoms. The summed E-state index contributed by atoms with van der Waals surface area (Å²) >= 11 is 6.25. The lowest BCUT2D eigenvalue weighted by Crippen LogP contribution is -2.51. The third-order valence-corrected chi connectivity index (χ3v) is 10.9. The molecule has 2 aromatic carbocycles. The molecule has 2 bridgehead atoms. The normalized spacial score (nSPS) is 27.9. The second-order valence-electron chi connectivity index (χ2n) is 10.8. The first-order valence-corrected chi connectivity index (χ1v) is 14.9. The van der Waals surface area contributed by atoms with E-state index >= 15 is 0 Å². The van der Waals surface area contributed by atoms with Crippen LogP contribution in [-0.2, 0) is 19.4 Å². The van der Waals surface area contributed by atoms with Crippen molar-refractivity contribution in [2.24, 2.45) is 11.8 Å². The maximum absolute atomic E-state index is 13.7. The second kappa shape index (κ2) is 11.0. The number of halogens is 4. The van der Waals surface area contributed by atoms with E-state index in [1.54, 1.807) is 0 Å². The van der Waals surface area contributed by atoms with Gasteiger partial charge in [-0.15, -0.1) is 0 Å². The van der Waals surface area contributed by atoms with Crippen LogP contribution in [0.25, 0.3) is 0 Å². The van der Waals surface area contributed by atoms with E-state index in [0.29, 0.717) is 44.6 Å². The van der Waals surface area contributed by atoms with Crippen molar-refractivity contribution in [2.75, 3.05) is 18.5 Å². The van der Waals surface area contributed by atoms with Crippen molar-refractivity contribution < 1.29 is 41.0 Å². The van der Waals surface area contributed by atoms with Gasteiger partial charge in [-0.1, -0.05) is 11.6 Å². The van der Waals surface area contributed by atoms with Crippen LogP contribution >= 0.6 is 11.6 Å². The van der Waals surface area contributed by atoms with Crippen molar-refractivity contribution in [2.45, 2.75) is 60.3 Å². The van der Waals surface area contributed by atoms with Gasteiger partial charge in [0.2, 0.25) is 5.91 Å². The Balaban J connectivity index is 1.32. The zero-order chi connectivity index (χ0) is 28.8. The molecule has 0 spiro atoms. The van der Waals surface area contributed by atoms with Crippen molar-refractivity contribution in [1.82, 2.24) is 5.32 Å². The average Bonchev–Trinajstić information content (AvgIpc) is 3.41. The van der Waals surface area contributed by atoms with Gasteiger partial charge in [-0.3, -0.25) is 9.59 Å². The molecule has 3 fully saturated rings. The van der Waals surface area contributed by atoms with Crippen molar-refractivity contribution in [3.63, 3.8) is 0 Å². The number of anilines is 1. The molecular formula is C27H28ClF3N2O6S. The molecule has 1 aliphatic heterocycles. The van der Waals surface area contributed by atoms with E-state index in [1.807, 2.05) is 0 Å². The zero-order valence-corrected chi connectivity index (χ0v) is 22.8. The number of carbonyl (C=O) groups excluding carboxylic acids is 2. The summed E-state index contributed by atoms with van der Waals surface area (Å²) in [5.74, 6) is -6.67. The molecule has 2 saturated carbocycles. The lowest BCUT2D eigenvalue weighted by Gasteiger charge is -2.42. The minimum Gasteiger partial charge on any atom is -0.389 e. The number of aliphatic hydroxyl groups is 1. The Morgan fingerprint density at radius 2 is 1.70 bits per heavy atom. The minimum atomic E-state index is -4.07. The molecule has 0 radical (unpaired) electrons. The van der Waals surface area contributed by atoms with Crippen molar-refractivity contribution in [3.8, 4) is 0 Å². The fourth-order valence-electron chi connectivity index (χ4n) is 6.21. The highest BCUT2D eigenvalue weighted by molar-refractivity contribution is 7.92. The first-order chi connectivity index (χ1) is 18.9. The molecule has 3 aliphatic rings. The van der Waals surface area contributed by atoms with Crippen LogP contribution in [0.3, 0.4) is 0 Å². The number of ether oxygens (including phenoxy) is 1. The molecular weight excluding hydrogens is 573 g/mol. The number of rotatable bonds is 7. The minimum absolute atomic E-state index is 0.0989. The monoisotopic (exact) mass is 600 g/mol. The Kier molecular flexibility index (Phi) is 7.90. The highest BCUT2D eigenvalue weighted by Crippen LogP contribution is 2.53. The van der Waals surface area contributed by atoms with Gasteiger partial charge in [0.1, 0.15) is 0 Å². The molecule has 1 saturated heterocycles. The lowest BCUT2D eigenvalue weighted by molar-refractivity contribution is -0.133. The topological polar surface area (TPSA) is 122 Å². The molecule has 3 N–H and O–H groups in total. The fraction of sp³-hybridized carbons (Fsp3) is 0.481. The molecule has 1 heterocycles. The highest BCUT2D eigenvalue weighted by atomic mass is 35.5. The van der Waals surface area contributed by atoms with Gasteiger partial charge in [0, 0.05) is 30.0 Å². The first-order valence-electron chi connectivity index (χ1n) is 13.0. The van der Waals surface area contributed by atoms with Crippen LogP contribution in [0.2, 0.25) is 5.02 Å². The largest absolute Gasteiger partial charge is 0.389 e. The van der Waals surface area contributed by atoms with Crippen LogP contribution in [0.4, 0.5) is 18.9 Å². The summed E-state index contributed by atoms with van der Waals surface area (Å²) in [5.41, 5.74) is -1.81. The molecule has 8 nitrogen and oxygen atoms in total. The van der Waals surface area contributed by atoms with Crippen molar-refractivity contribution >= 4 is 38.9 Å². The molecule has 2 aromatic rings. The molecule has 13 heteroatoms. The maximum Gasteiger partial charge on any atom is 0.255 e. The van der Waals surface area contributed by atoms with Gasteiger partial charge >= 0.3 is 0 Å².